The van der Waals surface area contributed by atoms with Crippen LogP contribution in [0.3, 0.4) is 0 Å². The standard InChI is InChI=1S/C13H19N3/c1-4-15-13(10-14,11-16(2)3)12-8-6-5-7-9-12/h5-9,15H,4,11H2,1-3H3. The second-order valence-corrected chi connectivity index (χ2v) is 4.15. The van der Waals surface area contributed by atoms with Crippen LogP contribution in [0.1, 0.15) is 12.5 Å². The van der Waals surface area contributed by atoms with E-state index in [4.69, 9.17) is 0 Å². The molecular formula is C13H19N3. The van der Waals surface area contributed by atoms with E-state index < -0.39 is 5.54 Å². The van der Waals surface area contributed by atoms with Crippen LogP contribution in [-0.2, 0) is 5.54 Å². The van der Waals surface area contributed by atoms with Crippen molar-refractivity contribution in [2.24, 2.45) is 0 Å². The monoisotopic (exact) mass is 217 g/mol. The number of rotatable bonds is 5. The summed E-state index contributed by atoms with van der Waals surface area (Å²) in [6.07, 6.45) is 0. The van der Waals surface area contributed by atoms with Gasteiger partial charge in [-0.1, -0.05) is 37.3 Å². The number of benzene rings is 1. The van der Waals surface area contributed by atoms with Crippen molar-refractivity contribution in [3.8, 4) is 6.07 Å². The van der Waals surface area contributed by atoms with E-state index in [1.807, 2.05) is 56.3 Å². The highest BCUT2D eigenvalue weighted by molar-refractivity contribution is 5.32. The van der Waals surface area contributed by atoms with E-state index in [2.05, 4.69) is 11.4 Å². The van der Waals surface area contributed by atoms with Crippen LogP contribution in [-0.4, -0.2) is 32.1 Å². The van der Waals surface area contributed by atoms with Gasteiger partial charge in [-0.25, -0.2) is 0 Å². The third-order valence-corrected chi connectivity index (χ3v) is 2.49. The number of nitrogens with one attached hydrogen (secondary N) is 1. The third-order valence-electron chi connectivity index (χ3n) is 2.49. The molecule has 0 amide bonds. The normalized spacial score (nSPS) is 14.4. The first-order chi connectivity index (χ1) is 7.64. The van der Waals surface area contributed by atoms with Gasteiger partial charge in [0.05, 0.1) is 6.07 Å². The predicted octanol–water partition coefficient (Wildman–Crippen LogP) is 1.58. The fourth-order valence-corrected chi connectivity index (χ4v) is 1.89. The zero-order chi connectivity index (χ0) is 12.0. The number of hydrogen-bond donors (Lipinski definition) is 1. The van der Waals surface area contributed by atoms with Crippen molar-refractivity contribution >= 4 is 0 Å². The van der Waals surface area contributed by atoms with Crippen molar-refractivity contribution in [3.63, 3.8) is 0 Å². The Kier molecular flexibility index (Phi) is 4.48. The van der Waals surface area contributed by atoms with Gasteiger partial charge in [0.2, 0.25) is 0 Å². The fourth-order valence-electron chi connectivity index (χ4n) is 1.89. The maximum atomic E-state index is 9.47. The Labute approximate surface area is 97.7 Å². The molecule has 0 bridgehead atoms. The summed E-state index contributed by atoms with van der Waals surface area (Å²) >= 11 is 0. The van der Waals surface area contributed by atoms with Gasteiger partial charge in [-0.2, -0.15) is 5.26 Å². The molecule has 1 unspecified atom stereocenters. The molecule has 1 atom stereocenters. The lowest BCUT2D eigenvalue weighted by Crippen LogP contribution is -2.48. The lowest BCUT2D eigenvalue weighted by Gasteiger charge is -2.30. The molecule has 0 spiro atoms. The molecule has 0 aliphatic rings. The van der Waals surface area contributed by atoms with E-state index in [9.17, 15) is 5.26 Å². The smallest absolute Gasteiger partial charge is 0.145 e. The molecule has 1 N–H and O–H groups in total. The van der Waals surface area contributed by atoms with Crippen LogP contribution in [0.25, 0.3) is 0 Å². The minimum atomic E-state index is -0.612. The second-order valence-electron chi connectivity index (χ2n) is 4.15. The summed E-state index contributed by atoms with van der Waals surface area (Å²) < 4.78 is 0. The van der Waals surface area contributed by atoms with E-state index >= 15 is 0 Å². The van der Waals surface area contributed by atoms with E-state index in [-0.39, 0.29) is 0 Å². The van der Waals surface area contributed by atoms with Crippen LogP contribution < -0.4 is 5.32 Å². The van der Waals surface area contributed by atoms with Gasteiger partial charge in [0.25, 0.3) is 0 Å². The summed E-state index contributed by atoms with van der Waals surface area (Å²) in [5.41, 5.74) is 0.410. The van der Waals surface area contributed by atoms with Gasteiger partial charge in [-0.05, 0) is 26.2 Å². The van der Waals surface area contributed by atoms with Crippen molar-refractivity contribution in [3.05, 3.63) is 35.9 Å². The van der Waals surface area contributed by atoms with Crippen molar-refractivity contribution in [1.29, 1.82) is 5.26 Å². The van der Waals surface area contributed by atoms with Crippen LogP contribution in [0.4, 0.5) is 0 Å². The maximum Gasteiger partial charge on any atom is 0.145 e. The molecule has 1 rings (SSSR count). The molecule has 3 heteroatoms. The first-order valence-corrected chi connectivity index (χ1v) is 5.51. The topological polar surface area (TPSA) is 39.1 Å². The molecule has 16 heavy (non-hydrogen) atoms. The first-order valence-electron chi connectivity index (χ1n) is 5.51. The SMILES string of the molecule is CCNC(C#N)(CN(C)C)c1ccccc1. The molecule has 1 aromatic carbocycles. The largest absolute Gasteiger partial charge is 0.306 e. The van der Waals surface area contributed by atoms with Gasteiger partial charge in [0, 0.05) is 6.54 Å². The molecule has 0 aliphatic heterocycles. The van der Waals surface area contributed by atoms with E-state index in [1.54, 1.807) is 0 Å². The Balaban J connectivity index is 3.08. The van der Waals surface area contributed by atoms with Crippen LogP contribution in [0.5, 0.6) is 0 Å². The van der Waals surface area contributed by atoms with Crippen LogP contribution in [0.15, 0.2) is 30.3 Å². The van der Waals surface area contributed by atoms with Crippen molar-refractivity contribution in [2.45, 2.75) is 12.5 Å². The summed E-state index contributed by atoms with van der Waals surface area (Å²) in [4.78, 5) is 2.03. The molecule has 0 aromatic heterocycles. The van der Waals surface area contributed by atoms with Gasteiger partial charge in [-0.15, -0.1) is 0 Å². The number of nitriles is 1. The van der Waals surface area contributed by atoms with Gasteiger partial charge in [0.15, 0.2) is 0 Å². The van der Waals surface area contributed by atoms with Crippen LogP contribution in [0, 0.1) is 11.3 Å². The molecule has 0 radical (unpaired) electrons. The van der Waals surface area contributed by atoms with Crippen LogP contribution in [0.2, 0.25) is 0 Å². The van der Waals surface area contributed by atoms with Crippen LogP contribution >= 0.6 is 0 Å². The summed E-state index contributed by atoms with van der Waals surface area (Å²) in [7, 11) is 3.96. The van der Waals surface area contributed by atoms with E-state index in [1.165, 1.54) is 0 Å². The van der Waals surface area contributed by atoms with Gasteiger partial charge in [0.1, 0.15) is 5.54 Å². The third kappa shape index (κ3) is 2.82. The Morgan fingerprint density at radius 3 is 2.38 bits per heavy atom. The highest BCUT2D eigenvalue weighted by atomic mass is 15.1. The highest BCUT2D eigenvalue weighted by Crippen LogP contribution is 2.20. The number of nitrogens with zero attached hydrogens (tertiary/aromatic N) is 2. The van der Waals surface area contributed by atoms with Gasteiger partial charge in [-0.3, -0.25) is 5.32 Å². The average molecular weight is 217 g/mol. The summed E-state index contributed by atoms with van der Waals surface area (Å²) in [5, 5.41) is 12.8. The Hall–Kier alpha value is -1.37. The highest BCUT2D eigenvalue weighted by Gasteiger charge is 2.31. The molecule has 86 valence electrons. The molecule has 3 nitrogen and oxygen atoms in total. The zero-order valence-corrected chi connectivity index (χ0v) is 10.2. The van der Waals surface area contributed by atoms with Gasteiger partial charge >= 0.3 is 0 Å². The molecule has 0 fully saturated rings. The Morgan fingerprint density at radius 2 is 1.94 bits per heavy atom. The lowest BCUT2D eigenvalue weighted by atomic mass is 9.91. The molecule has 1 aromatic rings. The summed E-state index contributed by atoms with van der Waals surface area (Å²) in [6, 6.07) is 12.3. The molecule has 0 aliphatic carbocycles. The molecular weight excluding hydrogens is 198 g/mol. The second kappa shape index (κ2) is 5.64. The maximum absolute atomic E-state index is 9.47. The predicted molar refractivity (Wildman–Crippen MR) is 66.0 cm³/mol. The summed E-state index contributed by atoms with van der Waals surface area (Å²) in [6.45, 7) is 3.46. The molecule has 0 saturated heterocycles. The lowest BCUT2D eigenvalue weighted by molar-refractivity contribution is 0.291. The van der Waals surface area contributed by atoms with E-state index in [0.29, 0.717) is 6.54 Å². The quantitative estimate of drug-likeness (QED) is 0.814. The van der Waals surface area contributed by atoms with Gasteiger partial charge < -0.3 is 4.90 Å². The number of likely N-dealkylation sites (N-methyl/N-ethyl adjacent to an activating group) is 2. The van der Waals surface area contributed by atoms with Crippen molar-refractivity contribution < 1.29 is 0 Å². The molecule has 0 heterocycles. The molecule has 0 saturated carbocycles. The summed E-state index contributed by atoms with van der Waals surface area (Å²) in [5.74, 6) is 0. The minimum Gasteiger partial charge on any atom is -0.306 e. The van der Waals surface area contributed by atoms with Crippen molar-refractivity contribution in [2.75, 3.05) is 27.2 Å². The first kappa shape index (κ1) is 12.7. The minimum absolute atomic E-state index is 0.612. The fraction of sp³-hybridized carbons (Fsp3) is 0.462. The van der Waals surface area contributed by atoms with E-state index in [0.717, 1.165) is 12.1 Å². The average Bonchev–Trinajstić information content (AvgIpc) is 2.29. The Morgan fingerprint density at radius 1 is 1.31 bits per heavy atom. The zero-order valence-electron chi connectivity index (χ0n) is 10.2. The van der Waals surface area contributed by atoms with Crippen molar-refractivity contribution in [1.82, 2.24) is 10.2 Å². The number of hydrogen-bond acceptors (Lipinski definition) is 3. The Bertz CT molecular complexity index is 353.